The molecule has 0 radical (unpaired) electrons. The van der Waals surface area contributed by atoms with E-state index in [2.05, 4.69) is 41.8 Å². The van der Waals surface area contributed by atoms with Crippen LogP contribution in [0.15, 0.2) is 60.2 Å². The fourth-order valence-electron chi connectivity index (χ4n) is 3.25. The maximum absolute atomic E-state index is 10.4. The second-order valence-corrected chi connectivity index (χ2v) is 6.13. The van der Waals surface area contributed by atoms with E-state index < -0.39 is 0 Å². The van der Waals surface area contributed by atoms with Crippen LogP contribution in [0.5, 0.6) is 0 Å². The summed E-state index contributed by atoms with van der Waals surface area (Å²) in [6.07, 6.45) is 8.63. The van der Waals surface area contributed by atoms with Gasteiger partial charge in [0.25, 0.3) is 0 Å². The van der Waals surface area contributed by atoms with Gasteiger partial charge in [0, 0.05) is 19.6 Å². The standard InChI is InChI=1S/C19H23NO/c1-15-5-4-6-16(11-15)12-19(21)14-20-10-9-17-7-2-3-8-18(17)13-20/h2-8,19,21H,1,9-14H2. The molecule has 2 heteroatoms. The lowest BCUT2D eigenvalue weighted by Crippen LogP contribution is -2.36. The molecule has 0 spiro atoms. The Morgan fingerprint density at radius 2 is 2.05 bits per heavy atom. The number of aliphatic hydroxyl groups is 1. The van der Waals surface area contributed by atoms with Crippen LogP contribution >= 0.6 is 0 Å². The summed E-state index contributed by atoms with van der Waals surface area (Å²) in [6, 6.07) is 8.63. The molecular weight excluding hydrogens is 258 g/mol. The first kappa shape index (κ1) is 14.3. The number of nitrogens with zero attached hydrogens (tertiary/aromatic N) is 1. The van der Waals surface area contributed by atoms with Crippen molar-refractivity contribution in [3.8, 4) is 0 Å². The molecule has 1 atom stereocenters. The first-order chi connectivity index (χ1) is 10.2. The van der Waals surface area contributed by atoms with E-state index >= 15 is 0 Å². The van der Waals surface area contributed by atoms with Gasteiger partial charge in [0.05, 0.1) is 6.10 Å². The molecule has 110 valence electrons. The molecule has 1 heterocycles. The molecule has 21 heavy (non-hydrogen) atoms. The van der Waals surface area contributed by atoms with Crippen LogP contribution in [-0.2, 0) is 13.0 Å². The maximum Gasteiger partial charge on any atom is 0.0704 e. The number of benzene rings is 1. The molecule has 1 aromatic rings. The minimum absolute atomic E-state index is 0.291. The van der Waals surface area contributed by atoms with Gasteiger partial charge in [-0.05, 0) is 30.4 Å². The van der Waals surface area contributed by atoms with Crippen molar-refractivity contribution in [1.82, 2.24) is 4.90 Å². The predicted octanol–water partition coefficient (Wildman–Crippen LogP) is 3.24. The van der Waals surface area contributed by atoms with Crippen molar-refractivity contribution in [2.75, 3.05) is 13.1 Å². The van der Waals surface area contributed by atoms with E-state index in [1.54, 1.807) is 0 Å². The highest BCUT2D eigenvalue weighted by Gasteiger charge is 2.19. The third-order valence-corrected chi connectivity index (χ3v) is 4.29. The van der Waals surface area contributed by atoms with Gasteiger partial charge in [0.2, 0.25) is 0 Å². The van der Waals surface area contributed by atoms with Gasteiger partial charge in [-0.25, -0.2) is 0 Å². The number of allylic oxidation sites excluding steroid dienone is 4. The molecule has 0 saturated heterocycles. The van der Waals surface area contributed by atoms with Gasteiger partial charge in [-0.15, -0.1) is 0 Å². The summed E-state index contributed by atoms with van der Waals surface area (Å²) in [7, 11) is 0. The quantitative estimate of drug-likeness (QED) is 0.916. The zero-order chi connectivity index (χ0) is 14.7. The van der Waals surface area contributed by atoms with Gasteiger partial charge in [0.15, 0.2) is 0 Å². The Labute approximate surface area is 127 Å². The highest BCUT2D eigenvalue weighted by molar-refractivity contribution is 5.33. The van der Waals surface area contributed by atoms with Crippen molar-refractivity contribution in [3.05, 3.63) is 71.3 Å². The number of β-amino-alcohol motifs (C(OH)–C–C–N with tert-alkyl or cyclic N) is 1. The van der Waals surface area contributed by atoms with Crippen molar-refractivity contribution < 1.29 is 5.11 Å². The van der Waals surface area contributed by atoms with Crippen molar-refractivity contribution in [1.29, 1.82) is 0 Å². The third kappa shape index (κ3) is 3.72. The maximum atomic E-state index is 10.4. The van der Waals surface area contributed by atoms with Gasteiger partial charge >= 0.3 is 0 Å². The average Bonchev–Trinajstić information content (AvgIpc) is 2.47. The molecule has 1 aromatic carbocycles. The van der Waals surface area contributed by atoms with E-state index in [9.17, 15) is 5.11 Å². The van der Waals surface area contributed by atoms with Gasteiger partial charge in [-0.2, -0.15) is 0 Å². The van der Waals surface area contributed by atoms with Crippen LogP contribution in [0.3, 0.4) is 0 Å². The molecule has 2 nitrogen and oxygen atoms in total. The number of fused-ring (bicyclic) bond motifs is 1. The van der Waals surface area contributed by atoms with Crippen LogP contribution in [0.25, 0.3) is 0 Å². The van der Waals surface area contributed by atoms with Crippen LogP contribution < -0.4 is 0 Å². The summed E-state index contributed by atoms with van der Waals surface area (Å²) in [5.41, 5.74) is 5.28. The van der Waals surface area contributed by atoms with Crippen molar-refractivity contribution >= 4 is 0 Å². The molecule has 0 bridgehead atoms. The lowest BCUT2D eigenvalue weighted by Gasteiger charge is -2.30. The molecule has 0 saturated carbocycles. The Morgan fingerprint density at radius 3 is 2.86 bits per heavy atom. The second-order valence-electron chi connectivity index (χ2n) is 6.13. The lowest BCUT2D eigenvalue weighted by molar-refractivity contribution is 0.105. The number of hydrogen-bond acceptors (Lipinski definition) is 2. The summed E-state index contributed by atoms with van der Waals surface area (Å²) in [6.45, 7) is 6.74. The monoisotopic (exact) mass is 281 g/mol. The molecular formula is C19H23NO. The topological polar surface area (TPSA) is 23.5 Å². The Kier molecular flexibility index (Phi) is 4.37. The van der Waals surface area contributed by atoms with E-state index in [-0.39, 0.29) is 6.10 Å². The number of aliphatic hydroxyl groups excluding tert-OH is 1. The van der Waals surface area contributed by atoms with Gasteiger partial charge in [-0.1, -0.05) is 60.2 Å². The zero-order valence-corrected chi connectivity index (χ0v) is 12.5. The molecule has 0 aromatic heterocycles. The van der Waals surface area contributed by atoms with Gasteiger partial charge in [0.1, 0.15) is 0 Å². The Hall–Kier alpha value is -1.64. The molecule has 1 aliphatic heterocycles. The first-order valence-electron chi connectivity index (χ1n) is 7.72. The zero-order valence-electron chi connectivity index (χ0n) is 12.5. The minimum atomic E-state index is -0.291. The number of rotatable bonds is 4. The molecule has 1 N–H and O–H groups in total. The third-order valence-electron chi connectivity index (χ3n) is 4.29. The van der Waals surface area contributed by atoms with Crippen LogP contribution in [0.1, 0.15) is 24.0 Å². The van der Waals surface area contributed by atoms with Gasteiger partial charge < -0.3 is 5.11 Å². The van der Waals surface area contributed by atoms with E-state index in [0.717, 1.165) is 44.5 Å². The molecule has 0 amide bonds. The van der Waals surface area contributed by atoms with Gasteiger partial charge in [-0.3, -0.25) is 4.90 Å². The van der Waals surface area contributed by atoms with Crippen LogP contribution in [-0.4, -0.2) is 29.2 Å². The summed E-state index contributed by atoms with van der Waals surface area (Å²) < 4.78 is 0. The van der Waals surface area contributed by atoms with Crippen molar-refractivity contribution in [2.45, 2.75) is 31.9 Å². The van der Waals surface area contributed by atoms with E-state index in [1.165, 1.54) is 16.7 Å². The van der Waals surface area contributed by atoms with Crippen molar-refractivity contribution in [3.63, 3.8) is 0 Å². The Morgan fingerprint density at radius 1 is 1.24 bits per heavy atom. The van der Waals surface area contributed by atoms with Crippen molar-refractivity contribution in [2.24, 2.45) is 0 Å². The summed E-state index contributed by atoms with van der Waals surface area (Å²) in [4.78, 5) is 2.36. The molecule has 0 fully saturated rings. The molecule has 3 rings (SSSR count). The normalized spacial score (nSPS) is 20.0. The van der Waals surface area contributed by atoms with E-state index in [0.29, 0.717) is 0 Å². The SMILES string of the molecule is C=C1C=CC=C(CC(O)CN2CCc3ccccc3C2)C1. The van der Waals surface area contributed by atoms with Crippen LogP contribution in [0.2, 0.25) is 0 Å². The number of hydrogen-bond donors (Lipinski definition) is 1. The molecule has 2 aliphatic rings. The first-order valence-corrected chi connectivity index (χ1v) is 7.72. The van der Waals surface area contributed by atoms with E-state index in [1.807, 2.05) is 12.2 Å². The van der Waals surface area contributed by atoms with Crippen LogP contribution in [0, 0.1) is 0 Å². The smallest absolute Gasteiger partial charge is 0.0704 e. The predicted molar refractivity (Wildman–Crippen MR) is 87.0 cm³/mol. The summed E-state index contributed by atoms with van der Waals surface area (Å²) in [5, 5.41) is 10.4. The molecule has 1 unspecified atom stereocenters. The summed E-state index contributed by atoms with van der Waals surface area (Å²) >= 11 is 0. The highest BCUT2D eigenvalue weighted by atomic mass is 16.3. The minimum Gasteiger partial charge on any atom is -0.391 e. The summed E-state index contributed by atoms with van der Waals surface area (Å²) in [5.74, 6) is 0. The second kappa shape index (κ2) is 6.42. The fraction of sp³-hybridized carbons (Fsp3) is 0.368. The lowest BCUT2D eigenvalue weighted by atomic mass is 9.95. The largest absolute Gasteiger partial charge is 0.391 e. The van der Waals surface area contributed by atoms with E-state index in [4.69, 9.17) is 0 Å². The Bertz CT molecular complexity index is 585. The highest BCUT2D eigenvalue weighted by Crippen LogP contribution is 2.22. The average molecular weight is 281 g/mol. The van der Waals surface area contributed by atoms with Crippen LogP contribution in [0.4, 0.5) is 0 Å². The fourth-order valence-corrected chi connectivity index (χ4v) is 3.25. The molecule has 1 aliphatic carbocycles. The Balaban J connectivity index is 1.54.